The number of hydrogen-bond donors (Lipinski definition) is 2. The van der Waals surface area contributed by atoms with Crippen LogP contribution in [0.2, 0.25) is 0 Å². The van der Waals surface area contributed by atoms with Crippen molar-refractivity contribution in [3.05, 3.63) is 24.3 Å². The minimum absolute atomic E-state index is 0.136. The number of aliphatic carboxylic acids is 1. The van der Waals surface area contributed by atoms with Gasteiger partial charge in [-0.3, -0.25) is 0 Å². The molecule has 1 aromatic rings. The van der Waals surface area contributed by atoms with Gasteiger partial charge in [0.1, 0.15) is 0 Å². The number of carboxylic acids is 1. The molecule has 1 atom stereocenters. The molecule has 17 heavy (non-hydrogen) atoms. The molecule has 1 rings (SSSR count). The average molecular weight is 258 g/mol. The summed E-state index contributed by atoms with van der Waals surface area (Å²) in [5, 5.41) is 21.8. The molecule has 0 spiro atoms. The van der Waals surface area contributed by atoms with Crippen LogP contribution >= 0.6 is 0 Å². The molecule has 0 saturated carbocycles. The largest absolute Gasteiger partial charge is 0.548 e. The van der Waals surface area contributed by atoms with Crippen LogP contribution in [0.25, 0.3) is 0 Å². The maximum Gasteiger partial charge on any atom is 0.175 e. The lowest BCUT2D eigenvalue weighted by atomic mass is 10.2. The number of sulfone groups is 1. The maximum atomic E-state index is 11.2. The summed E-state index contributed by atoms with van der Waals surface area (Å²) in [7, 11) is -3.28. The Morgan fingerprint density at radius 3 is 2.29 bits per heavy atom. The van der Waals surface area contributed by atoms with Crippen molar-refractivity contribution < 1.29 is 23.4 Å². The van der Waals surface area contributed by atoms with E-state index in [1.807, 2.05) is 0 Å². The molecule has 6 nitrogen and oxygen atoms in total. The van der Waals surface area contributed by atoms with Gasteiger partial charge < -0.3 is 20.3 Å². The lowest BCUT2D eigenvalue weighted by Gasteiger charge is -2.18. The van der Waals surface area contributed by atoms with E-state index < -0.39 is 28.5 Å². The molecular weight excluding hydrogens is 246 g/mol. The van der Waals surface area contributed by atoms with Crippen molar-refractivity contribution >= 4 is 21.5 Å². The molecular formula is C10H12NO5S-. The summed E-state index contributed by atoms with van der Waals surface area (Å²) in [4.78, 5) is 10.7. The van der Waals surface area contributed by atoms with Gasteiger partial charge >= 0.3 is 0 Å². The second kappa shape index (κ2) is 5.15. The van der Waals surface area contributed by atoms with Crippen molar-refractivity contribution in [1.29, 1.82) is 0 Å². The first kappa shape index (κ1) is 13.5. The molecule has 2 N–H and O–H groups in total. The Bertz CT molecular complexity index is 494. The summed E-state index contributed by atoms with van der Waals surface area (Å²) < 4.78 is 22.3. The number of carbonyl (C=O) groups excluding carboxylic acids is 1. The van der Waals surface area contributed by atoms with E-state index in [2.05, 4.69) is 5.32 Å². The van der Waals surface area contributed by atoms with Crippen LogP contribution in [0.15, 0.2) is 29.2 Å². The summed E-state index contributed by atoms with van der Waals surface area (Å²) in [6, 6.07) is 4.31. The predicted octanol–water partition coefficient (Wildman–Crippen LogP) is -1.39. The normalized spacial score (nSPS) is 13.1. The first-order chi connectivity index (χ1) is 7.84. The predicted molar refractivity (Wildman–Crippen MR) is 59.1 cm³/mol. The number of carbonyl (C=O) groups is 1. The van der Waals surface area contributed by atoms with Crippen LogP contribution in [0.4, 0.5) is 5.69 Å². The highest BCUT2D eigenvalue weighted by Crippen LogP contribution is 2.14. The van der Waals surface area contributed by atoms with Crippen molar-refractivity contribution in [2.45, 2.75) is 10.9 Å². The number of hydrogen-bond acceptors (Lipinski definition) is 6. The van der Waals surface area contributed by atoms with Gasteiger partial charge in [0.15, 0.2) is 9.84 Å². The van der Waals surface area contributed by atoms with Crippen molar-refractivity contribution in [3.63, 3.8) is 0 Å². The number of benzene rings is 1. The molecule has 1 unspecified atom stereocenters. The molecule has 0 heterocycles. The van der Waals surface area contributed by atoms with Crippen LogP contribution in [-0.2, 0) is 14.6 Å². The Hall–Kier alpha value is -1.60. The summed E-state index contributed by atoms with van der Waals surface area (Å²) >= 11 is 0. The van der Waals surface area contributed by atoms with Crippen LogP contribution in [0.1, 0.15) is 0 Å². The summed E-state index contributed by atoms with van der Waals surface area (Å²) in [5.74, 6) is -1.43. The molecule has 94 valence electrons. The summed E-state index contributed by atoms with van der Waals surface area (Å²) in [5.41, 5.74) is 0.389. The van der Waals surface area contributed by atoms with Crippen LogP contribution in [0, 0.1) is 0 Å². The van der Waals surface area contributed by atoms with E-state index in [0.717, 1.165) is 6.26 Å². The molecule has 0 aliphatic rings. The Morgan fingerprint density at radius 1 is 1.41 bits per heavy atom. The number of aliphatic hydroxyl groups is 1. The smallest absolute Gasteiger partial charge is 0.175 e. The molecule has 0 amide bonds. The highest BCUT2D eigenvalue weighted by atomic mass is 32.2. The quantitative estimate of drug-likeness (QED) is 0.673. The van der Waals surface area contributed by atoms with Gasteiger partial charge in [-0.15, -0.1) is 0 Å². The van der Waals surface area contributed by atoms with E-state index >= 15 is 0 Å². The van der Waals surface area contributed by atoms with Crippen molar-refractivity contribution in [1.82, 2.24) is 0 Å². The van der Waals surface area contributed by atoms with Gasteiger partial charge in [0, 0.05) is 11.9 Å². The van der Waals surface area contributed by atoms with E-state index in [1.54, 1.807) is 0 Å². The van der Waals surface area contributed by atoms with Crippen molar-refractivity contribution in [3.8, 4) is 0 Å². The molecule has 1 aromatic carbocycles. The number of anilines is 1. The standard InChI is InChI=1S/C10H13NO5S/c1-17(15,16)8-4-2-7(3-5-8)11-9(6-12)10(13)14/h2-5,9,11-12H,6H2,1H3,(H,13,14)/p-1. The second-order valence-corrected chi connectivity index (χ2v) is 5.51. The van der Waals surface area contributed by atoms with Gasteiger partial charge in [0.25, 0.3) is 0 Å². The molecule has 0 bridgehead atoms. The fourth-order valence-electron chi connectivity index (χ4n) is 1.18. The Kier molecular flexibility index (Phi) is 4.08. The van der Waals surface area contributed by atoms with Gasteiger partial charge in [-0.1, -0.05) is 0 Å². The SMILES string of the molecule is CS(=O)(=O)c1ccc(NC(CO)C(=O)[O-])cc1. The molecule has 0 radical (unpaired) electrons. The fourth-order valence-corrected chi connectivity index (χ4v) is 1.81. The topological polar surface area (TPSA) is 107 Å². The van der Waals surface area contributed by atoms with Gasteiger partial charge in [0.05, 0.1) is 23.5 Å². The van der Waals surface area contributed by atoms with Crippen LogP contribution in [-0.4, -0.2) is 38.4 Å². The third-order valence-electron chi connectivity index (χ3n) is 2.09. The van der Waals surface area contributed by atoms with E-state index in [9.17, 15) is 18.3 Å². The first-order valence-electron chi connectivity index (χ1n) is 4.73. The third kappa shape index (κ3) is 3.72. The average Bonchev–Trinajstić information content (AvgIpc) is 2.25. The van der Waals surface area contributed by atoms with Gasteiger partial charge in [-0.05, 0) is 24.3 Å². The Balaban J connectivity index is 2.85. The Morgan fingerprint density at radius 2 is 1.94 bits per heavy atom. The Labute approximate surface area is 98.8 Å². The minimum Gasteiger partial charge on any atom is -0.548 e. The summed E-state index contributed by atoms with van der Waals surface area (Å²) in [6.45, 7) is -0.615. The molecule has 0 fully saturated rings. The molecule has 7 heteroatoms. The highest BCUT2D eigenvalue weighted by molar-refractivity contribution is 7.90. The molecule has 0 aliphatic heterocycles. The highest BCUT2D eigenvalue weighted by Gasteiger charge is 2.09. The third-order valence-corrected chi connectivity index (χ3v) is 3.22. The van der Waals surface area contributed by atoms with Crippen LogP contribution < -0.4 is 10.4 Å². The zero-order chi connectivity index (χ0) is 13.1. The van der Waals surface area contributed by atoms with Crippen LogP contribution in [0.3, 0.4) is 0 Å². The fraction of sp³-hybridized carbons (Fsp3) is 0.300. The lowest BCUT2D eigenvalue weighted by molar-refractivity contribution is -0.307. The van der Waals surface area contributed by atoms with Crippen LogP contribution in [0.5, 0.6) is 0 Å². The van der Waals surface area contributed by atoms with Gasteiger partial charge in [0.2, 0.25) is 0 Å². The molecule has 0 aromatic heterocycles. The number of aliphatic hydroxyl groups excluding tert-OH is 1. The number of rotatable bonds is 5. The van der Waals surface area contributed by atoms with Gasteiger partial charge in [-0.25, -0.2) is 8.42 Å². The lowest BCUT2D eigenvalue weighted by Crippen LogP contribution is -2.43. The molecule has 0 aliphatic carbocycles. The first-order valence-corrected chi connectivity index (χ1v) is 6.62. The van der Waals surface area contributed by atoms with E-state index in [0.29, 0.717) is 5.69 Å². The maximum absolute atomic E-state index is 11.2. The number of nitrogens with one attached hydrogen (secondary N) is 1. The van der Waals surface area contributed by atoms with Crippen molar-refractivity contribution in [2.75, 3.05) is 18.2 Å². The number of carboxylic acid groups (broad SMARTS) is 1. The summed E-state index contributed by atoms with van der Waals surface area (Å²) in [6.07, 6.45) is 1.08. The van der Waals surface area contributed by atoms with Gasteiger partial charge in [-0.2, -0.15) is 0 Å². The van der Waals surface area contributed by atoms with Crippen molar-refractivity contribution in [2.24, 2.45) is 0 Å². The zero-order valence-corrected chi connectivity index (χ0v) is 9.90. The van der Waals surface area contributed by atoms with E-state index in [-0.39, 0.29) is 4.90 Å². The zero-order valence-electron chi connectivity index (χ0n) is 9.08. The molecule has 0 saturated heterocycles. The van der Waals surface area contributed by atoms with E-state index in [1.165, 1.54) is 24.3 Å². The monoisotopic (exact) mass is 258 g/mol. The minimum atomic E-state index is -3.28. The van der Waals surface area contributed by atoms with E-state index in [4.69, 9.17) is 5.11 Å². The second-order valence-electron chi connectivity index (χ2n) is 3.50.